The molecule has 0 bridgehead atoms. The normalized spacial score (nSPS) is 14.9. The molecule has 3 aromatic carbocycles. The van der Waals surface area contributed by atoms with Gasteiger partial charge < -0.3 is 5.32 Å². The van der Waals surface area contributed by atoms with Crippen molar-refractivity contribution in [3.05, 3.63) is 105 Å². The van der Waals surface area contributed by atoms with E-state index in [1.165, 1.54) is 18.2 Å². The molecule has 0 heterocycles. The van der Waals surface area contributed by atoms with Crippen molar-refractivity contribution in [3.8, 4) is 0 Å². The zero-order valence-electron chi connectivity index (χ0n) is 16.3. The minimum absolute atomic E-state index is 0.0702. The number of carbonyl (C=O) groups excluding carboxylic acids is 1. The van der Waals surface area contributed by atoms with Gasteiger partial charge in [-0.2, -0.15) is 12.8 Å². The number of allylic oxidation sites excluding steroid dienone is 2. The van der Waals surface area contributed by atoms with E-state index in [1.807, 2.05) is 6.92 Å². The smallest absolute Gasteiger partial charge is 0.282 e. The molecule has 0 unspecified atom stereocenters. The van der Waals surface area contributed by atoms with E-state index >= 15 is 0 Å². The molecule has 3 aromatic rings. The van der Waals surface area contributed by atoms with Gasteiger partial charge in [-0.1, -0.05) is 65.2 Å². The quantitative estimate of drug-likeness (QED) is 0.532. The van der Waals surface area contributed by atoms with E-state index in [0.29, 0.717) is 26.9 Å². The number of carbonyl (C=O) groups is 1. The highest BCUT2D eigenvalue weighted by atomic mass is 35.5. The van der Waals surface area contributed by atoms with Crippen LogP contribution in [0.3, 0.4) is 0 Å². The highest BCUT2D eigenvalue weighted by Crippen LogP contribution is 2.30. The first-order chi connectivity index (χ1) is 14.7. The number of Topliss-reactive ketones (excluding diaryl/α,β-unsaturated/α-hetero) is 1. The Bertz CT molecular complexity index is 1360. The Hall–Kier alpha value is -2.93. The van der Waals surface area contributed by atoms with E-state index in [-0.39, 0.29) is 22.1 Å². The van der Waals surface area contributed by atoms with Crippen LogP contribution in [0.4, 0.5) is 5.69 Å². The molecule has 0 aromatic heterocycles. The lowest BCUT2D eigenvalue weighted by Crippen LogP contribution is -2.22. The summed E-state index contributed by atoms with van der Waals surface area (Å²) in [6.07, 6.45) is 1.41. The number of hydrogen-bond acceptors (Lipinski definition) is 4. The number of hydrogen-bond donors (Lipinski definition) is 1. The molecular weight excluding hydrogens is 455 g/mol. The molecular formula is C23H16Cl2N2O3S. The summed E-state index contributed by atoms with van der Waals surface area (Å²) in [7, 11) is -3.99. The topological polar surface area (TPSA) is 75.6 Å². The first-order valence-corrected chi connectivity index (χ1v) is 11.4. The fraction of sp³-hybridized carbons (Fsp3) is 0.0435. The van der Waals surface area contributed by atoms with Crippen molar-refractivity contribution in [3.63, 3.8) is 0 Å². The Kier molecular flexibility index (Phi) is 5.71. The number of ketones is 1. The van der Waals surface area contributed by atoms with Crippen LogP contribution in [0.25, 0.3) is 0 Å². The van der Waals surface area contributed by atoms with Gasteiger partial charge in [0.25, 0.3) is 10.0 Å². The van der Waals surface area contributed by atoms with Gasteiger partial charge in [0.1, 0.15) is 0 Å². The van der Waals surface area contributed by atoms with Crippen LogP contribution < -0.4 is 5.32 Å². The molecule has 0 fully saturated rings. The first kappa shape index (κ1) is 21.3. The third-order valence-corrected chi connectivity index (χ3v) is 6.58. The number of nitrogens with zero attached hydrogens (tertiary/aromatic N) is 1. The Labute approximate surface area is 190 Å². The molecule has 0 radical (unpaired) electrons. The minimum Gasteiger partial charge on any atom is -0.351 e. The highest BCUT2D eigenvalue weighted by Gasteiger charge is 2.26. The summed E-state index contributed by atoms with van der Waals surface area (Å²) < 4.78 is 29.8. The van der Waals surface area contributed by atoms with Gasteiger partial charge in [0.05, 0.1) is 27.0 Å². The molecule has 5 nitrogen and oxygen atoms in total. The second kappa shape index (κ2) is 8.30. The Morgan fingerprint density at radius 2 is 1.58 bits per heavy atom. The minimum atomic E-state index is -3.99. The summed E-state index contributed by atoms with van der Waals surface area (Å²) in [6.45, 7) is 1.87. The average Bonchev–Trinajstić information content (AvgIpc) is 2.74. The van der Waals surface area contributed by atoms with Gasteiger partial charge in [-0.15, -0.1) is 0 Å². The summed E-state index contributed by atoms with van der Waals surface area (Å²) in [5.41, 5.74) is 2.42. The second-order valence-electron chi connectivity index (χ2n) is 6.95. The summed E-state index contributed by atoms with van der Waals surface area (Å²) in [5.74, 6) is -0.307. The van der Waals surface area contributed by atoms with Crippen LogP contribution in [0.15, 0.2) is 87.8 Å². The molecule has 1 N–H and O–H groups in total. The second-order valence-corrected chi connectivity index (χ2v) is 9.39. The Balaban J connectivity index is 1.83. The third kappa shape index (κ3) is 4.42. The number of fused-ring (bicyclic) bond motifs is 1. The zero-order valence-corrected chi connectivity index (χ0v) is 18.6. The van der Waals surface area contributed by atoms with Gasteiger partial charge in [-0.3, -0.25) is 4.79 Å². The van der Waals surface area contributed by atoms with E-state index in [4.69, 9.17) is 23.2 Å². The first-order valence-electron chi connectivity index (χ1n) is 9.24. The molecule has 1 aliphatic rings. The standard InChI is InChI=1S/C23H16Cl2N2O3S/c1-14-6-9-16(10-7-14)31(29,30)27-20-13-22(23(28)18-5-3-2-4-17(18)20)26-21-12-15(24)8-11-19(21)25/h2-13,26H,1H3/b27-20+. The van der Waals surface area contributed by atoms with Crippen molar-refractivity contribution in [2.75, 3.05) is 5.32 Å². The monoisotopic (exact) mass is 470 g/mol. The number of nitrogens with one attached hydrogen (secondary N) is 1. The summed E-state index contributed by atoms with van der Waals surface area (Å²) in [5, 5.41) is 3.76. The number of halogens is 2. The third-order valence-electron chi connectivity index (χ3n) is 4.71. The van der Waals surface area contributed by atoms with Crippen molar-refractivity contribution >= 4 is 50.4 Å². The molecule has 8 heteroatoms. The van der Waals surface area contributed by atoms with Crippen molar-refractivity contribution < 1.29 is 13.2 Å². The Morgan fingerprint density at radius 1 is 0.903 bits per heavy atom. The maximum Gasteiger partial charge on any atom is 0.282 e. The lowest BCUT2D eigenvalue weighted by Gasteiger charge is -2.19. The van der Waals surface area contributed by atoms with Gasteiger partial charge in [0.2, 0.25) is 5.78 Å². The lowest BCUT2D eigenvalue weighted by molar-refractivity contribution is 0.103. The fourth-order valence-electron chi connectivity index (χ4n) is 3.13. The van der Waals surface area contributed by atoms with Crippen LogP contribution in [0.2, 0.25) is 10.0 Å². The lowest BCUT2D eigenvalue weighted by atomic mass is 9.92. The van der Waals surface area contributed by atoms with E-state index in [2.05, 4.69) is 9.71 Å². The molecule has 0 amide bonds. The average molecular weight is 471 g/mol. The van der Waals surface area contributed by atoms with Crippen LogP contribution >= 0.6 is 23.2 Å². The van der Waals surface area contributed by atoms with Gasteiger partial charge in [0.15, 0.2) is 0 Å². The highest BCUT2D eigenvalue weighted by molar-refractivity contribution is 7.90. The molecule has 0 spiro atoms. The van der Waals surface area contributed by atoms with Crippen molar-refractivity contribution in [1.29, 1.82) is 0 Å². The van der Waals surface area contributed by atoms with Gasteiger partial charge in [-0.25, -0.2) is 0 Å². The molecule has 0 atom stereocenters. The van der Waals surface area contributed by atoms with Gasteiger partial charge in [0, 0.05) is 16.1 Å². The van der Waals surface area contributed by atoms with E-state index in [1.54, 1.807) is 54.6 Å². The number of aryl methyl sites for hydroxylation is 1. The number of rotatable bonds is 4. The maximum absolute atomic E-state index is 13.0. The molecule has 31 heavy (non-hydrogen) atoms. The predicted octanol–water partition coefficient (Wildman–Crippen LogP) is 5.67. The Morgan fingerprint density at radius 3 is 2.29 bits per heavy atom. The SMILES string of the molecule is Cc1ccc(S(=O)(=O)/N=C2\C=C(Nc3cc(Cl)ccc3Cl)C(=O)c3ccccc32)cc1. The number of sulfonamides is 1. The largest absolute Gasteiger partial charge is 0.351 e. The molecule has 0 saturated heterocycles. The van der Waals surface area contributed by atoms with E-state index in [9.17, 15) is 13.2 Å². The fourth-order valence-corrected chi connectivity index (χ4v) is 4.46. The van der Waals surface area contributed by atoms with Crippen molar-refractivity contribution in [1.82, 2.24) is 0 Å². The summed E-state index contributed by atoms with van der Waals surface area (Å²) >= 11 is 12.3. The van der Waals surface area contributed by atoms with Crippen molar-refractivity contribution in [2.45, 2.75) is 11.8 Å². The maximum atomic E-state index is 13.0. The summed E-state index contributed by atoms with van der Waals surface area (Å²) in [6, 6.07) is 17.9. The molecule has 0 aliphatic heterocycles. The van der Waals surface area contributed by atoms with E-state index < -0.39 is 10.0 Å². The molecule has 4 rings (SSSR count). The van der Waals surface area contributed by atoms with Crippen LogP contribution in [0.1, 0.15) is 21.5 Å². The number of anilines is 1. The molecule has 156 valence electrons. The van der Waals surface area contributed by atoms with Gasteiger partial charge in [-0.05, 0) is 43.3 Å². The van der Waals surface area contributed by atoms with Crippen LogP contribution in [0.5, 0.6) is 0 Å². The van der Waals surface area contributed by atoms with Crippen LogP contribution in [0, 0.1) is 6.92 Å². The van der Waals surface area contributed by atoms with Crippen LogP contribution in [-0.4, -0.2) is 19.9 Å². The number of benzene rings is 3. The van der Waals surface area contributed by atoms with Crippen molar-refractivity contribution in [2.24, 2.45) is 4.40 Å². The molecule has 1 aliphatic carbocycles. The van der Waals surface area contributed by atoms with Crippen LogP contribution in [-0.2, 0) is 10.0 Å². The predicted molar refractivity (Wildman–Crippen MR) is 124 cm³/mol. The van der Waals surface area contributed by atoms with Gasteiger partial charge >= 0.3 is 0 Å². The summed E-state index contributed by atoms with van der Waals surface area (Å²) in [4.78, 5) is 13.1. The zero-order chi connectivity index (χ0) is 22.2. The molecule has 0 saturated carbocycles. The van der Waals surface area contributed by atoms with E-state index in [0.717, 1.165) is 5.56 Å².